The predicted molar refractivity (Wildman–Crippen MR) is 103 cm³/mol. The maximum Gasteiger partial charge on any atom is 0.236 e. The summed E-state index contributed by atoms with van der Waals surface area (Å²) < 4.78 is 5.25. The number of hydrogen-bond acceptors (Lipinski definition) is 7. The van der Waals surface area contributed by atoms with Crippen LogP contribution in [0.1, 0.15) is 0 Å². The molecule has 2 aromatic heterocycles. The summed E-state index contributed by atoms with van der Waals surface area (Å²) in [5, 5.41) is 6.25. The second-order valence-corrected chi connectivity index (χ2v) is 6.97. The number of hydrogen-bond donors (Lipinski definition) is 2. The highest BCUT2D eigenvalue weighted by molar-refractivity contribution is 7.17. The van der Waals surface area contributed by atoms with E-state index in [0.717, 1.165) is 39.5 Å². The summed E-state index contributed by atoms with van der Waals surface area (Å²) in [7, 11) is 1.65. The number of aromatic nitrogens is 2. The number of amides is 1. The second kappa shape index (κ2) is 6.89. The molecule has 1 fully saturated rings. The summed E-state index contributed by atoms with van der Waals surface area (Å²) in [6.07, 6.45) is 1.58. The number of anilines is 1. The van der Waals surface area contributed by atoms with Crippen LogP contribution in [0, 0.1) is 0 Å². The first-order valence-electron chi connectivity index (χ1n) is 8.31. The Morgan fingerprint density at radius 2 is 2.15 bits per heavy atom. The van der Waals surface area contributed by atoms with Gasteiger partial charge in [-0.15, -0.1) is 11.3 Å². The van der Waals surface area contributed by atoms with Crippen LogP contribution in [-0.4, -0.2) is 48.7 Å². The van der Waals surface area contributed by atoms with Crippen molar-refractivity contribution < 1.29 is 9.53 Å². The van der Waals surface area contributed by atoms with Crippen molar-refractivity contribution >= 4 is 33.3 Å². The van der Waals surface area contributed by atoms with E-state index < -0.39 is 0 Å². The molecular formula is C18H19N5O2S. The molecule has 7 nitrogen and oxygen atoms in total. The van der Waals surface area contributed by atoms with Crippen molar-refractivity contribution in [3.8, 4) is 16.9 Å². The normalized spacial score (nSPS) is 17.4. The van der Waals surface area contributed by atoms with E-state index in [-0.39, 0.29) is 11.9 Å². The van der Waals surface area contributed by atoms with Crippen LogP contribution in [0.15, 0.2) is 36.0 Å². The lowest BCUT2D eigenvalue weighted by molar-refractivity contribution is -0.120. The van der Waals surface area contributed by atoms with E-state index >= 15 is 0 Å². The molecule has 1 saturated heterocycles. The number of thiophene rings is 1. The maximum atomic E-state index is 11.6. The summed E-state index contributed by atoms with van der Waals surface area (Å²) in [6.45, 7) is 1.94. The van der Waals surface area contributed by atoms with E-state index in [1.54, 1.807) is 24.8 Å². The zero-order valence-corrected chi connectivity index (χ0v) is 15.1. The Kier molecular flexibility index (Phi) is 4.44. The van der Waals surface area contributed by atoms with Crippen LogP contribution in [0.2, 0.25) is 0 Å². The maximum absolute atomic E-state index is 11.6. The molecule has 0 spiro atoms. The van der Waals surface area contributed by atoms with Gasteiger partial charge in [0.25, 0.3) is 0 Å². The molecular weight excluding hydrogens is 350 g/mol. The van der Waals surface area contributed by atoms with Gasteiger partial charge in [-0.05, 0) is 17.7 Å². The molecule has 1 amide bonds. The lowest BCUT2D eigenvalue weighted by Gasteiger charge is -2.33. The molecule has 0 saturated carbocycles. The lowest BCUT2D eigenvalue weighted by atomic mass is 10.1. The van der Waals surface area contributed by atoms with Gasteiger partial charge in [0.05, 0.1) is 12.5 Å². The minimum Gasteiger partial charge on any atom is -0.497 e. The van der Waals surface area contributed by atoms with Gasteiger partial charge in [-0.2, -0.15) is 0 Å². The monoisotopic (exact) mass is 369 g/mol. The zero-order valence-electron chi connectivity index (χ0n) is 14.3. The van der Waals surface area contributed by atoms with E-state index in [1.165, 1.54) is 0 Å². The molecule has 1 atom stereocenters. The summed E-state index contributed by atoms with van der Waals surface area (Å²) in [5.41, 5.74) is 7.64. The van der Waals surface area contributed by atoms with Crippen LogP contribution in [0.5, 0.6) is 5.75 Å². The van der Waals surface area contributed by atoms with Gasteiger partial charge in [-0.1, -0.05) is 12.1 Å². The van der Waals surface area contributed by atoms with Crippen LogP contribution in [-0.2, 0) is 4.79 Å². The SMILES string of the molecule is COc1ccc(-c2csc3ncnc(N4CCN[C@H](C(N)=O)C4)c23)cc1. The zero-order chi connectivity index (χ0) is 18.1. The minimum atomic E-state index is -0.378. The highest BCUT2D eigenvalue weighted by Crippen LogP contribution is 2.38. The van der Waals surface area contributed by atoms with Crippen molar-refractivity contribution in [2.75, 3.05) is 31.6 Å². The lowest BCUT2D eigenvalue weighted by Crippen LogP contribution is -2.56. The topological polar surface area (TPSA) is 93.4 Å². The number of rotatable bonds is 4. The first-order chi connectivity index (χ1) is 12.7. The Hall–Kier alpha value is -2.71. The van der Waals surface area contributed by atoms with Crippen molar-refractivity contribution in [1.82, 2.24) is 15.3 Å². The average Bonchev–Trinajstić information content (AvgIpc) is 3.12. The Balaban J connectivity index is 1.78. The average molecular weight is 369 g/mol. The standard InChI is InChI=1S/C18H19N5O2S/c1-25-12-4-2-11(3-5-12)13-9-26-18-15(13)17(21-10-22-18)23-7-6-20-14(8-23)16(19)24/h2-5,9-10,14,20H,6-8H2,1H3,(H2,19,24)/t14-/m0/s1. The highest BCUT2D eigenvalue weighted by Gasteiger charge is 2.26. The number of carbonyl (C=O) groups is 1. The van der Waals surface area contributed by atoms with Crippen molar-refractivity contribution in [1.29, 1.82) is 0 Å². The number of primary amides is 1. The Labute approximate surface area is 154 Å². The quantitative estimate of drug-likeness (QED) is 0.726. The van der Waals surface area contributed by atoms with Crippen LogP contribution < -0.4 is 20.7 Å². The molecule has 134 valence electrons. The fourth-order valence-corrected chi connectivity index (χ4v) is 4.13. The van der Waals surface area contributed by atoms with Gasteiger partial charge in [0, 0.05) is 30.6 Å². The largest absolute Gasteiger partial charge is 0.497 e. The van der Waals surface area contributed by atoms with E-state index in [4.69, 9.17) is 10.5 Å². The number of fused-ring (bicyclic) bond motifs is 1. The van der Waals surface area contributed by atoms with Crippen LogP contribution in [0.25, 0.3) is 21.3 Å². The van der Waals surface area contributed by atoms with Gasteiger partial charge in [0.2, 0.25) is 5.91 Å². The predicted octanol–water partition coefficient (Wildman–Crippen LogP) is 1.63. The Bertz CT molecular complexity index is 940. The number of benzene rings is 1. The van der Waals surface area contributed by atoms with Crippen molar-refractivity contribution in [2.45, 2.75) is 6.04 Å². The van der Waals surface area contributed by atoms with Crippen molar-refractivity contribution in [3.05, 3.63) is 36.0 Å². The van der Waals surface area contributed by atoms with E-state index in [2.05, 4.69) is 25.6 Å². The fourth-order valence-electron chi connectivity index (χ4n) is 3.22. The van der Waals surface area contributed by atoms with Crippen LogP contribution in [0.4, 0.5) is 5.82 Å². The van der Waals surface area contributed by atoms with Gasteiger partial charge in [-0.3, -0.25) is 4.79 Å². The molecule has 4 rings (SSSR count). The number of carbonyl (C=O) groups excluding carboxylic acids is 1. The Morgan fingerprint density at radius 1 is 1.35 bits per heavy atom. The molecule has 0 aliphatic carbocycles. The molecule has 0 radical (unpaired) electrons. The highest BCUT2D eigenvalue weighted by atomic mass is 32.1. The van der Waals surface area contributed by atoms with Crippen molar-refractivity contribution in [2.24, 2.45) is 5.73 Å². The molecule has 26 heavy (non-hydrogen) atoms. The van der Waals surface area contributed by atoms with Gasteiger partial charge in [0.15, 0.2) is 0 Å². The molecule has 8 heteroatoms. The summed E-state index contributed by atoms with van der Waals surface area (Å²) in [4.78, 5) is 23.6. The summed E-state index contributed by atoms with van der Waals surface area (Å²) in [6, 6.07) is 7.56. The number of nitrogens with zero attached hydrogens (tertiary/aromatic N) is 3. The van der Waals surface area contributed by atoms with Crippen LogP contribution in [0.3, 0.4) is 0 Å². The molecule has 0 unspecified atom stereocenters. The smallest absolute Gasteiger partial charge is 0.236 e. The third-order valence-electron chi connectivity index (χ3n) is 4.57. The van der Waals surface area contributed by atoms with E-state index in [1.807, 2.05) is 24.3 Å². The van der Waals surface area contributed by atoms with Gasteiger partial charge >= 0.3 is 0 Å². The molecule has 3 N–H and O–H groups in total. The number of piperazine rings is 1. The number of methoxy groups -OCH3 is 1. The Morgan fingerprint density at radius 3 is 2.88 bits per heavy atom. The van der Waals surface area contributed by atoms with Gasteiger partial charge in [-0.25, -0.2) is 9.97 Å². The first-order valence-corrected chi connectivity index (χ1v) is 9.19. The number of nitrogens with two attached hydrogens (primary N) is 1. The van der Waals surface area contributed by atoms with Gasteiger partial charge in [0.1, 0.15) is 28.8 Å². The van der Waals surface area contributed by atoms with E-state index in [9.17, 15) is 4.79 Å². The van der Waals surface area contributed by atoms with E-state index in [0.29, 0.717) is 13.1 Å². The minimum absolute atomic E-state index is 0.347. The third kappa shape index (κ3) is 2.97. The van der Waals surface area contributed by atoms with Gasteiger partial charge < -0.3 is 20.7 Å². The fraction of sp³-hybridized carbons (Fsp3) is 0.278. The molecule has 3 heterocycles. The summed E-state index contributed by atoms with van der Waals surface area (Å²) >= 11 is 1.59. The molecule has 1 aliphatic rings. The molecule has 1 aromatic carbocycles. The third-order valence-corrected chi connectivity index (χ3v) is 5.46. The van der Waals surface area contributed by atoms with Crippen LogP contribution >= 0.6 is 11.3 Å². The molecule has 0 bridgehead atoms. The number of nitrogens with one attached hydrogen (secondary N) is 1. The summed E-state index contributed by atoms with van der Waals surface area (Å²) in [5.74, 6) is 1.31. The number of ether oxygens (including phenoxy) is 1. The second-order valence-electron chi connectivity index (χ2n) is 6.11. The molecule has 1 aliphatic heterocycles. The first kappa shape index (κ1) is 16.7. The molecule has 3 aromatic rings. The van der Waals surface area contributed by atoms with Crippen molar-refractivity contribution in [3.63, 3.8) is 0 Å².